The van der Waals surface area contributed by atoms with Gasteiger partial charge in [-0.2, -0.15) is 0 Å². The molecule has 0 radical (unpaired) electrons. The number of hydrogen-bond donors (Lipinski definition) is 2. The highest BCUT2D eigenvalue weighted by molar-refractivity contribution is 6.45. The van der Waals surface area contributed by atoms with Gasteiger partial charge >= 0.3 is 0 Å². The Labute approximate surface area is 129 Å². The first kappa shape index (κ1) is 16.0. The molecule has 0 spiro atoms. The lowest BCUT2D eigenvalue weighted by molar-refractivity contribution is -0.147. The molecule has 0 unspecified atom stereocenters. The van der Waals surface area contributed by atoms with E-state index in [2.05, 4.69) is 15.3 Å². The van der Waals surface area contributed by atoms with Crippen molar-refractivity contribution in [3.63, 3.8) is 0 Å². The predicted molar refractivity (Wildman–Crippen MR) is 83.3 cm³/mol. The number of piperazine rings is 1. The van der Waals surface area contributed by atoms with Gasteiger partial charge in [-0.25, -0.2) is 4.98 Å². The molecule has 2 rings (SSSR count). The molecule has 1 aromatic heterocycles. The van der Waals surface area contributed by atoms with Crippen LogP contribution in [-0.2, 0) is 19.8 Å². The van der Waals surface area contributed by atoms with Crippen LogP contribution in [0, 0.1) is 0 Å². The van der Waals surface area contributed by atoms with Crippen LogP contribution in [0.15, 0.2) is 12.0 Å². The Bertz CT molecular complexity index is 685. The van der Waals surface area contributed by atoms with E-state index < -0.39 is 17.7 Å². The number of hydrogen-bond acceptors (Lipinski definition) is 4. The van der Waals surface area contributed by atoms with E-state index in [9.17, 15) is 14.4 Å². The van der Waals surface area contributed by atoms with E-state index >= 15 is 0 Å². The molecule has 0 aromatic carbocycles. The predicted octanol–water partition coefficient (Wildman–Crippen LogP) is -0.486. The number of nitrogens with zero attached hydrogens (tertiary/aromatic N) is 2. The van der Waals surface area contributed by atoms with Gasteiger partial charge in [0.15, 0.2) is 0 Å². The summed E-state index contributed by atoms with van der Waals surface area (Å²) in [5.41, 5.74) is 1.91. The van der Waals surface area contributed by atoms with Crippen molar-refractivity contribution in [1.29, 1.82) is 0 Å². The van der Waals surface area contributed by atoms with Crippen molar-refractivity contribution >= 4 is 31.0 Å². The van der Waals surface area contributed by atoms with Crippen molar-refractivity contribution in [1.82, 2.24) is 20.2 Å². The molecular formula is C14H19BN4O3. The fourth-order valence-electron chi connectivity index (χ4n) is 2.36. The summed E-state index contributed by atoms with van der Waals surface area (Å²) in [6.45, 7) is 7.07. The standard InChI is InChI=1S/C14H19BN4O3/c1-7(20)19-5-8(21)18-11(13(19)22)9(15)10-12(14(2,3)4)17-6-16-10/h6H,5,15H2,1-4H3,(H,16,17)(H,18,21)/b11-9+. The molecule has 0 saturated carbocycles. The second-order valence-electron chi connectivity index (χ2n) is 6.33. The molecule has 8 heteroatoms. The van der Waals surface area contributed by atoms with Gasteiger partial charge in [0.05, 0.1) is 12.0 Å². The minimum atomic E-state index is -0.507. The van der Waals surface area contributed by atoms with Crippen molar-refractivity contribution in [2.45, 2.75) is 33.1 Å². The highest BCUT2D eigenvalue weighted by Crippen LogP contribution is 2.28. The van der Waals surface area contributed by atoms with Gasteiger partial charge in [-0.05, 0) is 5.47 Å². The Morgan fingerprint density at radius 3 is 2.55 bits per heavy atom. The van der Waals surface area contributed by atoms with Gasteiger partial charge < -0.3 is 10.3 Å². The lowest BCUT2D eigenvalue weighted by atomic mass is 9.82. The van der Waals surface area contributed by atoms with Crippen LogP contribution >= 0.6 is 0 Å². The Balaban J connectivity index is 2.53. The summed E-state index contributed by atoms with van der Waals surface area (Å²) in [5.74, 6) is -1.35. The number of H-pyrrole nitrogens is 1. The van der Waals surface area contributed by atoms with Crippen LogP contribution in [0.25, 0.3) is 5.47 Å². The molecule has 0 bridgehead atoms. The summed E-state index contributed by atoms with van der Waals surface area (Å²) in [4.78, 5) is 44.0. The molecule has 0 aliphatic carbocycles. The minimum Gasteiger partial charge on any atom is -0.348 e. The summed E-state index contributed by atoms with van der Waals surface area (Å²) in [6, 6.07) is 0. The van der Waals surface area contributed by atoms with Crippen molar-refractivity contribution in [2.24, 2.45) is 0 Å². The zero-order valence-electron chi connectivity index (χ0n) is 13.4. The van der Waals surface area contributed by atoms with E-state index in [1.54, 1.807) is 14.2 Å². The van der Waals surface area contributed by atoms with E-state index in [-0.39, 0.29) is 17.7 Å². The van der Waals surface area contributed by atoms with E-state index in [4.69, 9.17) is 0 Å². The third-order valence-electron chi connectivity index (χ3n) is 3.52. The topological polar surface area (TPSA) is 95.2 Å². The van der Waals surface area contributed by atoms with Crippen LogP contribution in [0.2, 0.25) is 0 Å². The molecule has 1 aliphatic heterocycles. The maximum atomic E-state index is 12.4. The van der Waals surface area contributed by atoms with E-state index in [1.165, 1.54) is 6.92 Å². The smallest absolute Gasteiger partial charge is 0.276 e. The minimum absolute atomic E-state index is 0.101. The summed E-state index contributed by atoms with van der Waals surface area (Å²) in [5, 5.41) is 2.56. The highest BCUT2D eigenvalue weighted by Gasteiger charge is 2.33. The summed E-state index contributed by atoms with van der Waals surface area (Å²) >= 11 is 0. The summed E-state index contributed by atoms with van der Waals surface area (Å²) in [6.07, 6.45) is 1.55. The van der Waals surface area contributed by atoms with E-state index in [0.717, 1.165) is 10.6 Å². The molecule has 7 nitrogen and oxygen atoms in total. The molecule has 1 aromatic rings. The SMILES string of the molecule is B/C(=C1/NC(=O)CN(C(C)=O)C1=O)c1nc[nH]c1C(C)(C)C. The molecule has 0 atom stereocenters. The molecule has 3 amide bonds. The van der Waals surface area contributed by atoms with Crippen LogP contribution < -0.4 is 5.32 Å². The first-order valence-electron chi connectivity index (χ1n) is 7.00. The second kappa shape index (κ2) is 5.44. The van der Waals surface area contributed by atoms with Gasteiger partial charge in [-0.3, -0.25) is 19.3 Å². The lowest BCUT2D eigenvalue weighted by Crippen LogP contribution is -2.52. The normalized spacial score (nSPS) is 18.3. The number of carbonyl (C=O) groups excluding carboxylic acids is 3. The van der Waals surface area contributed by atoms with Gasteiger partial charge in [0.2, 0.25) is 11.8 Å². The quantitative estimate of drug-likeness (QED) is 0.541. The Kier molecular flexibility index (Phi) is 3.95. The van der Waals surface area contributed by atoms with Gasteiger partial charge in [-0.15, -0.1) is 0 Å². The highest BCUT2D eigenvalue weighted by atomic mass is 16.2. The average Bonchev–Trinajstić information content (AvgIpc) is 2.89. The number of rotatable bonds is 1. The average molecular weight is 302 g/mol. The molecule has 1 aliphatic rings. The first-order valence-corrected chi connectivity index (χ1v) is 7.00. The third-order valence-corrected chi connectivity index (χ3v) is 3.52. The fraction of sp³-hybridized carbons (Fsp3) is 0.429. The van der Waals surface area contributed by atoms with Crippen LogP contribution in [-0.4, -0.2) is 47.0 Å². The maximum Gasteiger partial charge on any atom is 0.276 e. The van der Waals surface area contributed by atoms with E-state index in [0.29, 0.717) is 11.2 Å². The Hall–Kier alpha value is -2.38. The van der Waals surface area contributed by atoms with Crippen LogP contribution in [0.1, 0.15) is 39.1 Å². The Morgan fingerprint density at radius 1 is 1.36 bits per heavy atom. The van der Waals surface area contributed by atoms with Crippen LogP contribution in [0.5, 0.6) is 0 Å². The lowest BCUT2D eigenvalue weighted by Gasteiger charge is -2.27. The number of carbonyl (C=O) groups is 3. The van der Waals surface area contributed by atoms with Gasteiger partial charge in [0, 0.05) is 18.0 Å². The molecular weight excluding hydrogens is 283 g/mol. The van der Waals surface area contributed by atoms with Crippen molar-refractivity contribution in [3.05, 3.63) is 23.4 Å². The molecule has 2 N–H and O–H groups in total. The first-order chi connectivity index (χ1) is 10.1. The largest absolute Gasteiger partial charge is 0.348 e. The van der Waals surface area contributed by atoms with Gasteiger partial charge in [0.25, 0.3) is 5.91 Å². The van der Waals surface area contributed by atoms with Gasteiger partial charge in [0.1, 0.15) is 20.1 Å². The number of amides is 3. The van der Waals surface area contributed by atoms with Crippen LogP contribution in [0.4, 0.5) is 0 Å². The molecule has 22 heavy (non-hydrogen) atoms. The maximum absolute atomic E-state index is 12.4. The molecule has 1 fully saturated rings. The van der Waals surface area contributed by atoms with Crippen molar-refractivity contribution in [2.75, 3.05) is 6.54 Å². The second-order valence-corrected chi connectivity index (χ2v) is 6.33. The molecule has 1 saturated heterocycles. The van der Waals surface area contributed by atoms with Crippen molar-refractivity contribution in [3.8, 4) is 0 Å². The van der Waals surface area contributed by atoms with E-state index in [1.807, 2.05) is 20.8 Å². The number of imidazole rings is 1. The number of imide groups is 1. The zero-order valence-corrected chi connectivity index (χ0v) is 13.4. The van der Waals surface area contributed by atoms with Gasteiger partial charge in [-0.1, -0.05) is 20.8 Å². The zero-order chi connectivity index (χ0) is 16.7. The monoisotopic (exact) mass is 302 g/mol. The Morgan fingerprint density at radius 2 is 2.00 bits per heavy atom. The van der Waals surface area contributed by atoms with Crippen molar-refractivity contribution < 1.29 is 14.4 Å². The third kappa shape index (κ3) is 2.81. The number of nitrogens with one attached hydrogen (secondary N) is 2. The summed E-state index contributed by atoms with van der Waals surface area (Å²) < 4.78 is 0. The fourth-order valence-corrected chi connectivity index (χ4v) is 2.36. The van der Waals surface area contributed by atoms with Crippen LogP contribution in [0.3, 0.4) is 0 Å². The summed E-state index contributed by atoms with van der Waals surface area (Å²) in [7, 11) is 1.71. The number of aromatic amines is 1. The molecule has 2 heterocycles. The number of aromatic nitrogens is 2. The molecule has 116 valence electrons.